The Morgan fingerprint density at radius 3 is 1.89 bits per heavy atom. The minimum Gasteiger partial charge on any atom is -0.288 e. The lowest BCUT2D eigenvalue weighted by atomic mass is 10.1. The molecule has 0 atom stereocenters. The number of hydrogen-bond acceptors (Lipinski definition) is 0. The highest BCUT2D eigenvalue weighted by molar-refractivity contribution is 5.44. The maximum absolute atomic E-state index is 2.28. The standard InChI is InChI=1S/C18H24N/c1-4-19(5-2,15-17-9-7-6-8-10-17)18-13-11-16(3)12-14-18/h6-14H,4-5,15H2,1-3H3/q+1. The van der Waals surface area contributed by atoms with E-state index in [4.69, 9.17) is 0 Å². The fraction of sp³-hybridized carbons (Fsp3) is 0.333. The van der Waals surface area contributed by atoms with E-state index in [1.807, 2.05) is 0 Å². The molecule has 1 nitrogen and oxygen atoms in total. The van der Waals surface area contributed by atoms with Gasteiger partial charge in [-0.2, -0.15) is 0 Å². The van der Waals surface area contributed by atoms with E-state index in [0.717, 1.165) is 24.1 Å². The predicted molar refractivity (Wildman–Crippen MR) is 84.2 cm³/mol. The second-order valence-corrected chi connectivity index (χ2v) is 5.26. The van der Waals surface area contributed by atoms with Crippen LogP contribution in [0.2, 0.25) is 0 Å². The van der Waals surface area contributed by atoms with Crippen LogP contribution < -0.4 is 4.48 Å². The number of quaternary nitrogens is 1. The summed E-state index contributed by atoms with van der Waals surface area (Å²) < 4.78 is 1.02. The Bertz CT molecular complexity index is 495. The lowest BCUT2D eigenvalue weighted by molar-refractivity contribution is 0.292. The van der Waals surface area contributed by atoms with Crippen molar-refractivity contribution >= 4 is 5.69 Å². The average Bonchev–Trinajstić information content (AvgIpc) is 2.47. The molecule has 1 heteroatoms. The van der Waals surface area contributed by atoms with E-state index in [1.54, 1.807) is 0 Å². The van der Waals surface area contributed by atoms with Gasteiger partial charge in [-0.15, -0.1) is 0 Å². The quantitative estimate of drug-likeness (QED) is 0.687. The molecule has 0 bridgehead atoms. The molecule has 0 saturated carbocycles. The summed E-state index contributed by atoms with van der Waals surface area (Å²) in [5, 5.41) is 0. The zero-order chi connectivity index (χ0) is 13.7. The fourth-order valence-corrected chi connectivity index (χ4v) is 2.70. The Labute approximate surface area is 117 Å². The summed E-state index contributed by atoms with van der Waals surface area (Å²) >= 11 is 0. The molecule has 0 aliphatic rings. The van der Waals surface area contributed by atoms with Crippen LogP contribution in [0.3, 0.4) is 0 Å². The SMILES string of the molecule is CC[N+](CC)(Cc1ccccc1)c1ccc(C)cc1. The van der Waals surface area contributed by atoms with E-state index in [1.165, 1.54) is 16.8 Å². The first-order chi connectivity index (χ1) is 9.20. The molecular weight excluding hydrogens is 230 g/mol. The summed E-state index contributed by atoms with van der Waals surface area (Å²) in [6.07, 6.45) is 0. The number of aryl methyl sites for hydroxylation is 1. The summed E-state index contributed by atoms with van der Waals surface area (Å²) in [5.74, 6) is 0. The molecule has 0 saturated heterocycles. The Hall–Kier alpha value is -1.60. The molecule has 0 unspecified atom stereocenters. The molecule has 2 aromatic rings. The molecule has 2 aromatic carbocycles. The fourth-order valence-electron chi connectivity index (χ4n) is 2.70. The largest absolute Gasteiger partial charge is 0.288 e. The summed E-state index contributed by atoms with van der Waals surface area (Å²) in [6, 6.07) is 19.8. The Morgan fingerprint density at radius 1 is 0.789 bits per heavy atom. The van der Waals surface area contributed by atoms with Crippen molar-refractivity contribution in [2.24, 2.45) is 0 Å². The molecule has 0 amide bonds. The van der Waals surface area contributed by atoms with Gasteiger partial charge in [0.25, 0.3) is 0 Å². The van der Waals surface area contributed by atoms with Crippen LogP contribution in [0.1, 0.15) is 25.0 Å². The van der Waals surface area contributed by atoms with Crippen LogP contribution in [-0.4, -0.2) is 13.1 Å². The van der Waals surface area contributed by atoms with Gasteiger partial charge in [0.2, 0.25) is 0 Å². The molecule has 0 N–H and O–H groups in total. The number of nitrogens with zero attached hydrogens (tertiary/aromatic N) is 1. The first-order valence-corrected chi connectivity index (χ1v) is 7.17. The number of benzene rings is 2. The normalized spacial score (nSPS) is 11.5. The minimum absolute atomic E-state index is 1.02. The Morgan fingerprint density at radius 2 is 1.37 bits per heavy atom. The van der Waals surface area contributed by atoms with E-state index in [0.29, 0.717) is 0 Å². The molecule has 0 aliphatic heterocycles. The van der Waals surface area contributed by atoms with E-state index in [2.05, 4.69) is 75.4 Å². The molecule has 0 heterocycles. The van der Waals surface area contributed by atoms with Crippen LogP contribution in [0, 0.1) is 6.92 Å². The van der Waals surface area contributed by atoms with Crippen molar-refractivity contribution in [2.45, 2.75) is 27.3 Å². The monoisotopic (exact) mass is 254 g/mol. The van der Waals surface area contributed by atoms with Gasteiger partial charge in [0.1, 0.15) is 12.2 Å². The van der Waals surface area contributed by atoms with E-state index < -0.39 is 0 Å². The van der Waals surface area contributed by atoms with Gasteiger partial charge >= 0.3 is 0 Å². The summed E-state index contributed by atoms with van der Waals surface area (Å²) in [4.78, 5) is 0. The second-order valence-electron chi connectivity index (χ2n) is 5.26. The van der Waals surface area contributed by atoms with Crippen LogP contribution in [0.15, 0.2) is 54.6 Å². The third-order valence-electron chi connectivity index (χ3n) is 4.12. The second kappa shape index (κ2) is 6.03. The molecule has 2 rings (SSSR count). The van der Waals surface area contributed by atoms with Gasteiger partial charge in [-0.1, -0.05) is 48.0 Å². The first-order valence-electron chi connectivity index (χ1n) is 7.17. The highest BCUT2D eigenvalue weighted by atomic mass is 15.3. The van der Waals surface area contributed by atoms with Gasteiger partial charge < -0.3 is 0 Å². The van der Waals surface area contributed by atoms with Crippen molar-refractivity contribution in [3.05, 3.63) is 65.7 Å². The zero-order valence-electron chi connectivity index (χ0n) is 12.3. The third kappa shape index (κ3) is 3.05. The number of rotatable bonds is 5. The molecule has 100 valence electrons. The topological polar surface area (TPSA) is 0 Å². The van der Waals surface area contributed by atoms with Crippen LogP contribution in [-0.2, 0) is 6.54 Å². The van der Waals surface area contributed by atoms with Crippen LogP contribution in [0.25, 0.3) is 0 Å². The summed E-state index contributed by atoms with van der Waals surface area (Å²) in [7, 11) is 0. The summed E-state index contributed by atoms with van der Waals surface area (Å²) in [6.45, 7) is 10.0. The third-order valence-corrected chi connectivity index (χ3v) is 4.12. The lowest BCUT2D eigenvalue weighted by Gasteiger charge is -2.36. The average molecular weight is 254 g/mol. The molecule has 0 spiro atoms. The number of hydrogen-bond donors (Lipinski definition) is 0. The van der Waals surface area contributed by atoms with E-state index >= 15 is 0 Å². The van der Waals surface area contributed by atoms with Crippen molar-refractivity contribution in [2.75, 3.05) is 13.1 Å². The predicted octanol–water partition coefficient (Wildman–Crippen LogP) is 4.54. The van der Waals surface area contributed by atoms with Crippen molar-refractivity contribution < 1.29 is 0 Å². The maximum Gasteiger partial charge on any atom is 0.133 e. The highest BCUT2D eigenvalue weighted by Gasteiger charge is 2.26. The molecule has 0 aromatic heterocycles. The van der Waals surface area contributed by atoms with Crippen LogP contribution >= 0.6 is 0 Å². The van der Waals surface area contributed by atoms with Gasteiger partial charge in [-0.05, 0) is 32.9 Å². The Kier molecular flexibility index (Phi) is 4.39. The maximum atomic E-state index is 2.28. The molecule has 0 aliphatic carbocycles. The summed E-state index contributed by atoms with van der Waals surface area (Å²) in [5.41, 5.74) is 4.15. The van der Waals surface area contributed by atoms with Crippen molar-refractivity contribution in [1.29, 1.82) is 0 Å². The van der Waals surface area contributed by atoms with Gasteiger partial charge in [0, 0.05) is 5.56 Å². The van der Waals surface area contributed by atoms with Gasteiger partial charge in [0.05, 0.1) is 13.1 Å². The highest BCUT2D eigenvalue weighted by Crippen LogP contribution is 2.26. The molecule has 0 radical (unpaired) electrons. The zero-order valence-corrected chi connectivity index (χ0v) is 12.3. The van der Waals surface area contributed by atoms with Crippen molar-refractivity contribution in [1.82, 2.24) is 4.48 Å². The van der Waals surface area contributed by atoms with Crippen molar-refractivity contribution in [3.63, 3.8) is 0 Å². The van der Waals surface area contributed by atoms with Crippen molar-refractivity contribution in [3.8, 4) is 0 Å². The molecular formula is C18H24N+. The van der Waals surface area contributed by atoms with Crippen LogP contribution in [0.5, 0.6) is 0 Å². The van der Waals surface area contributed by atoms with Gasteiger partial charge in [-0.25, -0.2) is 0 Å². The van der Waals surface area contributed by atoms with Gasteiger partial charge in [-0.3, -0.25) is 4.48 Å². The lowest BCUT2D eigenvalue weighted by Crippen LogP contribution is -2.48. The van der Waals surface area contributed by atoms with E-state index in [-0.39, 0.29) is 0 Å². The van der Waals surface area contributed by atoms with Crippen LogP contribution in [0.4, 0.5) is 5.69 Å². The first kappa shape index (κ1) is 13.8. The Balaban J connectivity index is 2.34. The van der Waals surface area contributed by atoms with E-state index in [9.17, 15) is 0 Å². The van der Waals surface area contributed by atoms with Gasteiger partial charge in [0.15, 0.2) is 0 Å². The molecule has 19 heavy (non-hydrogen) atoms. The minimum atomic E-state index is 1.02. The smallest absolute Gasteiger partial charge is 0.133 e. The molecule has 0 fully saturated rings.